The molecule has 0 spiro atoms. The topological polar surface area (TPSA) is 50.3 Å². The molecule has 0 bridgehead atoms. The molecule has 0 saturated heterocycles. The maximum atomic E-state index is 5.03. The number of hydrogen-bond donors (Lipinski definition) is 1. The molecule has 0 aliphatic heterocycles. The predicted octanol–water partition coefficient (Wildman–Crippen LogP) is 1.83. The summed E-state index contributed by atoms with van der Waals surface area (Å²) in [6.07, 6.45) is 2.15. The number of methoxy groups -OCH3 is 1. The van der Waals surface area contributed by atoms with Crippen molar-refractivity contribution in [3.8, 4) is 0 Å². The first-order valence-electron chi connectivity index (χ1n) is 6.00. The second kappa shape index (κ2) is 8.38. The van der Waals surface area contributed by atoms with Crippen LogP contribution in [0.25, 0.3) is 0 Å². The van der Waals surface area contributed by atoms with Crippen LogP contribution in [0.2, 0.25) is 0 Å². The molecular formula is C11H22N4OS. The molecule has 0 atom stereocenters. The molecule has 1 aromatic rings. The third kappa shape index (κ3) is 5.95. The fourth-order valence-electron chi connectivity index (χ4n) is 1.41. The second-order valence-corrected chi connectivity index (χ2v) is 5.07. The lowest BCUT2D eigenvalue weighted by atomic mass is 10.4. The van der Waals surface area contributed by atoms with Crippen molar-refractivity contribution in [2.24, 2.45) is 0 Å². The molecule has 1 heterocycles. The summed E-state index contributed by atoms with van der Waals surface area (Å²) in [7, 11) is 3.83. The van der Waals surface area contributed by atoms with E-state index in [1.165, 1.54) is 0 Å². The molecule has 5 nitrogen and oxygen atoms in total. The quantitative estimate of drug-likeness (QED) is 0.685. The van der Waals surface area contributed by atoms with Gasteiger partial charge in [0.25, 0.3) is 0 Å². The lowest BCUT2D eigenvalue weighted by Crippen LogP contribution is -2.20. The Morgan fingerprint density at radius 3 is 2.94 bits per heavy atom. The summed E-state index contributed by atoms with van der Waals surface area (Å²) in [6.45, 7) is 5.78. The number of anilines is 1. The number of ether oxygens (including phenoxy) is 1. The van der Waals surface area contributed by atoms with E-state index in [4.69, 9.17) is 4.74 Å². The van der Waals surface area contributed by atoms with E-state index < -0.39 is 0 Å². The van der Waals surface area contributed by atoms with Crippen LogP contribution < -0.4 is 5.32 Å². The van der Waals surface area contributed by atoms with Gasteiger partial charge in [-0.25, -0.2) is 0 Å². The Kier molecular flexibility index (Phi) is 7.07. The van der Waals surface area contributed by atoms with Crippen molar-refractivity contribution in [1.82, 2.24) is 15.1 Å². The standard InChI is InChI=1S/C11H22N4OS/c1-4-6-12-11-14-13-10(17-11)9-15(2)7-5-8-16-3/h4-9H2,1-3H3,(H,12,14). The summed E-state index contributed by atoms with van der Waals surface area (Å²) in [5, 5.41) is 13.5. The van der Waals surface area contributed by atoms with E-state index >= 15 is 0 Å². The van der Waals surface area contributed by atoms with E-state index in [-0.39, 0.29) is 0 Å². The minimum absolute atomic E-state index is 0.809. The Morgan fingerprint density at radius 1 is 1.41 bits per heavy atom. The van der Waals surface area contributed by atoms with E-state index in [2.05, 4.69) is 34.4 Å². The third-order valence-corrected chi connectivity index (χ3v) is 3.15. The van der Waals surface area contributed by atoms with Gasteiger partial charge in [-0.05, 0) is 19.9 Å². The van der Waals surface area contributed by atoms with Crippen molar-refractivity contribution in [3.63, 3.8) is 0 Å². The lowest BCUT2D eigenvalue weighted by molar-refractivity contribution is 0.178. The molecule has 0 unspecified atom stereocenters. The van der Waals surface area contributed by atoms with Crippen molar-refractivity contribution in [3.05, 3.63) is 5.01 Å². The fraction of sp³-hybridized carbons (Fsp3) is 0.818. The second-order valence-electron chi connectivity index (χ2n) is 4.01. The van der Waals surface area contributed by atoms with E-state index in [0.717, 1.165) is 49.2 Å². The minimum atomic E-state index is 0.809. The van der Waals surface area contributed by atoms with Gasteiger partial charge in [-0.15, -0.1) is 10.2 Å². The summed E-state index contributed by atoms with van der Waals surface area (Å²) < 4.78 is 5.03. The molecule has 0 aromatic carbocycles. The van der Waals surface area contributed by atoms with Crippen molar-refractivity contribution in [2.45, 2.75) is 26.3 Å². The number of nitrogens with zero attached hydrogens (tertiary/aromatic N) is 3. The van der Waals surface area contributed by atoms with Gasteiger partial charge in [-0.2, -0.15) is 0 Å². The average molecular weight is 258 g/mol. The zero-order valence-corrected chi connectivity index (χ0v) is 11.7. The monoisotopic (exact) mass is 258 g/mol. The predicted molar refractivity (Wildman–Crippen MR) is 71.5 cm³/mol. The van der Waals surface area contributed by atoms with Crippen LogP contribution in [0.5, 0.6) is 0 Å². The third-order valence-electron chi connectivity index (χ3n) is 2.29. The molecule has 1 aromatic heterocycles. The van der Waals surface area contributed by atoms with Gasteiger partial charge in [-0.1, -0.05) is 18.3 Å². The van der Waals surface area contributed by atoms with E-state index in [0.29, 0.717) is 0 Å². The van der Waals surface area contributed by atoms with Gasteiger partial charge >= 0.3 is 0 Å². The largest absolute Gasteiger partial charge is 0.385 e. The summed E-state index contributed by atoms with van der Waals surface area (Å²) in [4.78, 5) is 2.24. The Balaban J connectivity index is 2.27. The molecule has 0 aliphatic carbocycles. The normalized spacial score (nSPS) is 11.1. The SMILES string of the molecule is CCCNc1nnc(CN(C)CCCOC)s1. The maximum absolute atomic E-state index is 5.03. The van der Waals surface area contributed by atoms with Crippen molar-refractivity contribution in [1.29, 1.82) is 0 Å². The minimum Gasteiger partial charge on any atom is -0.385 e. The van der Waals surface area contributed by atoms with Crippen LogP contribution in [0.3, 0.4) is 0 Å². The molecule has 0 radical (unpaired) electrons. The highest BCUT2D eigenvalue weighted by Crippen LogP contribution is 2.16. The smallest absolute Gasteiger partial charge is 0.205 e. The number of nitrogens with one attached hydrogen (secondary N) is 1. The van der Waals surface area contributed by atoms with Gasteiger partial charge in [0.1, 0.15) is 5.01 Å². The Hall–Kier alpha value is -0.720. The fourth-order valence-corrected chi connectivity index (χ4v) is 2.26. The summed E-state index contributed by atoms with van der Waals surface area (Å²) in [5.41, 5.74) is 0. The van der Waals surface area contributed by atoms with Gasteiger partial charge < -0.3 is 10.1 Å². The first-order chi connectivity index (χ1) is 8.26. The summed E-state index contributed by atoms with van der Waals surface area (Å²) in [5.74, 6) is 0. The molecule has 0 aliphatic rings. The van der Waals surface area contributed by atoms with Crippen LogP contribution in [-0.2, 0) is 11.3 Å². The number of rotatable bonds is 9. The molecule has 98 valence electrons. The zero-order chi connectivity index (χ0) is 12.5. The lowest BCUT2D eigenvalue weighted by Gasteiger charge is -2.13. The molecule has 17 heavy (non-hydrogen) atoms. The first kappa shape index (κ1) is 14.3. The van der Waals surface area contributed by atoms with E-state index in [1.54, 1.807) is 18.4 Å². The van der Waals surface area contributed by atoms with E-state index in [9.17, 15) is 0 Å². The van der Waals surface area contributed by atoms with Gasteiger partial charge in [0.2, 0.25) is 5.13 Å². The van der Waals surface area contributed by atoms with Gasteiger partial charge in [0.15, 0.2) is 0 Å². The molecule has 1 N–H and O–H groups in total. The highest BCUT2D eigenvalue weighted by atomic mass is 32.1. The molecule has 0 amide bonds. The Morgan fingerprint density at radius 2 is 2.24 bits per heavy atom. The molecule has 1 rings (SSSR count). The Bertz CT molecular complexity index is 305. The van der Waals surface area contributed by atoms with Gasteiger partial charge in [0.05, 0.1) is 6.54 Å². The van der Waals surface area contributed by atoms with Gasteiger partial charge in [-0.3, -0.25) is 4.90 Å². The van der Waals surface area contributed by atoms with Crippen molar-refractivity contribution >= 4 is 16.5 Å². The highest BCUT2D eigenvalue weighted by Gasteiger charge is 2.06. The van der Waals surface area contributed by atoms with Gasteiger partial charge in [0, 0.05) is 26.8 Å². The van der Waals surface area contributed by atoms with Crippen molar-refractivity contribution < 1.29 is 4.74 Å². The van der Waals surface area contributed by atoms with Crippen LogP contribution in [0, 0.1) is 0 Å². The Labute approximate surface area is 107 Å². The molecular weight excluding hydrogens is 236 g/mol. The molecule has 0 fully saturated rings. The number of aromatic nitrogens is 2. The molecule has 0 saturated carbocycles. The zero-order valence-electron chi connectivity index (χ0n) is 10.9. The number of hydrogen-bond acceptors (Lipinski definition) is 6. The van der Waals surface area contributed by atoms with Crippen LogP contribution in [-0.4, -0.2) is 49.0 Å². The van der Waals surface area contributed by atoms with Crippen LogP contribution >= 0.6 is 11.3 Å². The summed E-state index contributed by atoms with van der Waals surface area (Å²) >= 11 is 1.63. The average Bonchev–Trinajstić information content (AvgIpc) is 2.74. The van der Waals surface area contributed by atoms with Crippen molar-refractivity contribution in [2.75, 3.05) is 39.2 Å². The summed E-state index contributed by atoms with van der Waals surface area (Å²) in [6, 6.07) is 0. The van der Waals surface area contributed by atoms with Crippen LogP contribution in [0.15, 0.2) is 0 Å². The maximum Gasteiger partial charge on any atom is 0.205 e. The van der Waals surface area contributed by atoms with Crippen LogP contribution in [0.1, 0.15) is 24.8 Å². The van der Waals surface area contributed by atoms with E-state index in [1.807, 2.05) is 0 Å². The molecule has 6 heteroatoms. The van der Waals surface area contributed by atoms with Crippen LogP contribution in [0.4, 0.5) is 5.13 Å². The first-order valence-corrected chi connectivity index (χ1v) is 6.81. The highest BCUT2D eigenvalue weighted by molar-refractivity contribution is 7.15.